The maximum Gasteiger partial charge on any atom is 0.186 e. The van der Waals surface area contributed by atoms with Crippen LogP contribution in [-0.4, -0.2) is 60.7 Å². The third kappa shape index (κ3) is 4.09. The van der Waals surface area contributed by atoms with Gasteiger partial charge in [0.2, 0.25) is 0 Å². The first-order valence-corrected chi connectivity index (χ1v) is 8.16. The van der Waals surface area contributed by atoms with E-state index in [1.807, 2.05) is 6.07 Å². The molecular weight excluding hydrogens is 298 g/mol. The molecule has 2 bridgehead atoms. The van der Waals surface area contributed by atoms with Gasteiger partial charge in [-0.2, -0.15) is 0 Å². The van der Waals surface area contributed by atoms with Crippen molar-refractivity contribution in [3.8, 4) is 0 Å². The third-order valence-electron chi connectivity index (χ3n) is 4.28. The van der Waals surface area contributed by atoms with E-state index in [1.165, 1.54) is 11.1 Å². The van der Waals surface area contributed by atoms with Gasteiger partial charge in [-0.1, -0.05) is 29.8 Å². The first-order valence-electron chi connectivity index (χ1n) is 8.16. The Hall–Kier alpha value is -1.02. The fourth-order valence-electron chi connectivity index (χ4n) is 3.07. The van der Waals surface area contributed by atoms with Crippen LogP contribution in [0.4, 0.5) is 0 Å². The van der Waals surface area contributed by atoms with Gasteiger partial charge in [0.05, 0.1) is 6.61 Å². The van der Waals surface area contributed by atoms with Crippen molar-refractivity contribution in [2.75, 3.05) is 19.8 Å². The van der Waals surface area contributed by atoms with E-state index in [4.69, 9.17) is 14.2 Å². The van der Waals surface area contributed by atoms with E-state index in [2.05, 4.69) is 30.4 Å². The molecule has 0 aliphatic carbocycles. The van der Waals surface area contributed by atoms with E-state index < -0.39 is 24.6 Å². The molecule has 3 aliphatic rings. The molecule has 5 unspecified atom stereocenters. The minimum absolute atomic E-state index is 0.360. The topological polar surface area (TPSA) is 80.2 Å². The summed E-state index contributed by atoms with van der Waals surface area (Å²) in [6, 6.07) is 8.28. The number of ether oxygens (including phenoxy) is 3. The lowest BCUT2D eigenvalue weighted by Crippen LogP contribution is -2.60. The first kappa shape index (κ1) is 16.8. The van der Waals surface area contributed by atoms with E-state index >= 15 is 0 Å². The van der Waals surface area contributed by atoms with Crippen LogP contribution in [0.15, 0.2) is 24.3 Å². The van der Waals surface area contributed by atoms with Crippen LogP contribution in [0.5, 0.6) is 0 Å². The average molecular weight is 323 g/mol. The summed E-state index contributed by atoms with van der Waals surface area (Å²) < 4.78 is 17.0. The van der Waals surface area contributed by atoms with Crippen LogP contribution >= 0.6 is 0 Å². The molecule has 1 aromatic rings. The van der Waals surface area contributed by atoms with Crippen molar-refractivity contribution in [1.82, 2.24) is 5.32 Å². The molecule has 0 radical (unpaired) electrons. The van der Waals surface area contributed by atoms with E-state index in [9.17, 15) is 10.2 Å². The number of aliphatic hydroxyl groups excluding tert-OH is 2. The zero-order valence-electron chi connectivity index (χ0n) is 13.4. The predicted molar refractivity (Wildman–Crippen MR) is 83.9 cm³/mol. The number of benzene rings is 1. The van der Waals surface area contributed by atoms with Crippen LogP contribution in [0.3, 0.4) is 0 Å². The second-order valence-electron chi connectivity index (χ2n) is 6.20. The minimum Gasteiger partial charge on any atom is -0.387 e. The van der Waals surface area contributed by atoms with Gasteiger partial charge in [-0.15, -0.1) is 0 Å². The normalized spacial score (nSPS) is 34.7. The molecular formula is C17H25NO5. The summed E-state index contributed by atoms with van der Waals surface area (Å²) in [6.07, 6.45) is -3.06. The van der Waals surface area contributed by atoms with E-state index in [1.54, 1.807) is 0 Å². The highest BCUT2D eigenvalue weighted by atomic mass is 16.7. The van der Waals surface area contributed by atoms with Crippen LogP contribution in [0, 0.1) is 6.92 Å². The monoisotopic (exact) mass is 323 g/mol. The Morgan fingerprint density at radius 3 is 2.83 bits per heavy atom. The van der Waals surface area contributed by atoms with Crippen molar-refractivity contribution in [3.63, 3.8) is 0 Å². The lowest BCUT2D eigenvalue weighted by molar-refractivity contribution is -0.292. The molecule has 0 saturated carbocycles. The molecule has 23 heavy (non-hydrogen) atoms. The Morgan fingerprint density at radius 1 is 1.17 bits per heavy atom. The summed E-state index contributed by atoms with van der Waals surface area (Å²) in [6.45, 7) is 4.22. The summed E-state index contributed by atoms with van der Waals surface area (Å²) in [5.74, 6) is 0. The van der Waals surface area contributed by atoms with E-state index in [0.29, 0.717) is 26.3 Å². The molecule has 6 heteroatoms. The summed E-state index contributed by atoms with van der Waals surface area (Å²) in [7, 11) is 0. The van der Waals surface area contributed by atoms with Crippen molar-refractivity contribution in [1.29, 1.82) is 0 Å². The van der Waals surface area contributed by atoms with Gasteiger partial charge in [0.25, 0.3) is 0 Å². The molecule has 4 rings (SSSR count). The maximum atomic E-state index is 10.3. The van der Waals surface area contributed by atoms with Gasteiger partial charge < -0.3 is 29.7 Å². The largest absolute Gasteiger partial charge is 0.387 e. The van der Waals surface area contributed by atoms with Gasteiger partial charge in [0.15, 0.2) is 6.29 Å². The van der Waals surface area contributed by atoms with Crippen LogP contribution in [-0.2, 0) is 20.8 Å². The number of fused-ring (bicyclic) bond motifs is 6. The molecule has 3 heterocycles. The molecule has 3 aliphatic heterocycles. The van der Waals surface area contributed by atoms with Crippen LogP contribution in [0.1, 0.15) is 17.5 Å². The number of nitrogens with one attached hydrogen (secondary N) is 1. The fraction of sp³-hybridized carbons (Fsp3) is 0.647. The molecule has 0 spiro atoms. The van der Waals surface area contributed by atoms with Gasteiger partial charge in [-0.05, 0) is 18.9 Å². The average Bonchev–Trinajstić information content (AvgIpc) is 2.67. The Morgan fingerprint density at radius 2 is 2.00 bits per heavy atom. The molecule has 3 N–H and O–H groups in total. The highest BCUT2D eigenvalue weighted by Gasteiger charge is 2.46. The van der Waals surface area contributed by atoms with Gasteiger partial charge >= 0.3 is 0 Å². The van der Waals surface area contributed by atoms with Crippen molar-refractivity contribution < 1.29 is 24.4 Å². The number of rotatable bonds is 4. The highest BCUT2D eigenvalue weighted by Crippen LogP contribution is 2.26. The highest BCUT2D eigenvalue weighted by molar-refractivity contribution is 5.21. The summed E-state index contributed by atoms with van der Waals surface area (Å²) in [5, 5.41) is 23.6. The summed E-state index contributed by atoms with van der Waals surface area (Å²) >= 11 is 0. The zero-order valence-corrected chi connectivity index (χ0v) is 13.4. The fourth-order valence-corrected chi connectivity index (χ4v) is 3.07. The Bertz CT molecular complexity index is 510. The third-order valence-corrected chi connectivity index (χ3v) is 4.28. The van der Waals surface area contributed by atoms with E-state index in [0.717, 1.165) is 6.42 Å². The first-order chi connectivity index (χ1) is 11.1. The number of hydrogen-bond donors (Lipinski definition) is 3. The Labute approximate surface area is 136 Å². The van der Waals surface area contributed by atoms with Crippen molar-refractivity contribution in [2.24, 2.45) is 0 Å². The van der Waals surface area contributed by atoms with Gasteiger partial charge in [-0.25, -0.2) is 0 Å². The number of aliphatic hydroxyl groups is 2. The quantitative estimate of drug-likeness (QED) is 0.741. The van der Waals surface area contributed by atoms with Crippen LogP contribution < -0.4 is 5.32 Å². The summed E-state index contributed by atoms with van der Waals surface area (Å²) in [4.78, 5) is 0. The molecule has 0 aromatic heterocycles. The lowest BCUT2D eigenvalue weighted by atomic mass is 9.98. The maximum absolute atomic E-state index is 10.3. The summed E-state index contributed by atoms with van der Waals surface area (Å²) in [5.41, 5.74) is 2.41. The molecule has 3 saturated heterocycles. The standard InChI is InChI=1S/C17H25NO5/c1-11-4-2-5-12(8-11)9-18-10-13-16-14(19)15(20)17(23-13)22-7-3-6-21-16/h2,4-5,8,13-20H,3,6-7,9-10H2,1H3. The molecule has 3 fully saturated rings. The van der Waals surface area contributed by atoms with E-state index in [-0.39, 0.29) is 6.10 Å². The van der Waals surface area contributed by atoms with Crippen LogP contribution in [0.2, 0.25) is 0 Å². The van der Waals surface area contributed by atoms with Gasteiger partial charge in [0.1, 0.15) is 24.4 Å². The SMILES string of the molecule is Cc1cccc(CNCC2OC3OCCCOC2C(O)C3O)c1. The molecule has 128 valence electrons. The lowest BCUT2D eigenvalue weighted by Gasteiger charge is -2.41. The number of aryl methyl sites for hydroxylation is 1. The Kier molecular flexibility index (Phi) is 5.63. The Balaban J connectivity index is 1.60. The number of hydrogen-bond acceptors (Lipinski definition) is 6. The van der Waals surface area contributed by atoms with Crippen molar-refractivity contribution >= 4 is 0 Å². The predicted octanol–water partition coefficient (Wildman–Crippen LogP) is 0.337. The zero-order chi connectivity index (χ0) is 16.2. The van der Waals surface area contributed by atoms with Gasteiger partial charge in [0, 0.05) is 19.7 Å². The molecule has 0 amide bonds. The molecule has 6 nitrogen and oxygen atoms in total. The van der Waals surface area contributed by atoms with Crippen molar-refractivity contribution in [2.45, 2.75) is 50.6 Å². The second-order valence-corrected chi connectivity index (χ2v) is 6.20. The molecule has 5 atom stereocenters. The van der Waals surface area contributed by atoms with Crippen LogP contribution in [0.25, 0.3) is 0 Å². The van der Waals surface area contributed by atoms with Crippen molar-refractivity contribution in [3.05, 3.63) is 35.4 Å². The second kappa shape index (κ2) is 7.70. The minimum atomic E-state index is -1.08. The van der Waals surface area contributed by atoms with Gasteiger partial charge in [-0.3, -0.25) is 0 Å². The molecule has 1 aromatic carbocycles. The smallest absolute Gasteiger partial charge is 0.186 e.